The normalized spacial score (nSPS) is 15.5. The van der Waals surface area contributed by atoms with Gasteiger partial charge in [-0.15, -0.1) is 21.5 Å². The number of aromatic nitrogens is 2. The number of hydrogen-bond acceptors (Lipinski definition) is 7. The van der Waals surface area contributed by atoms with Crippen LogP contribution < -0.4 is 5.32 Å². The maximum atomic E-state index is 12.6. The quantitative estimate of drug-likeness (QED) is 0.891. The lowest BCUT2D eigenvalue weighted by Crippen LogP contribution is -2.50. The van der Waals surface area contributed by atoms with E-state index in [1.165, 1.54) is 16.2 Å². The highest BCUT2D eigenvalue weighted by atomic mass is 32.1. The summed E-state index contributed by atoms with van der Waals surface area (Å²) in [4.78, 5) is 29.7. The van der Waals surface area contributed by atoms with Crippen LogP contribution in [0.2, 0.25) is 0 Å². The Bertz CT molecular complexity index is 720. The molecule has 1 aliphatic heterocycles. The number of aryl methyl sites for hydroxylation is 1. The zero-order chi connectivity index (χ0) is 17.1. The van der Waals surface area contributed by atoms with Crippen molar-refractivity contribution >= 4 is 39.6 Å². The number of thiophene rings is 1. The summed E-state index contributed by atoms with van der Waals surface area (Å²) >= 11 is 2.91. The van der Waals surface area contributed by atoms with Crippen molar-refractivity contribution in [2.75, 3.05) is 38.0 Å². The zero-order valence-corrected chi connectivity index (χ0v) is 15.2. The van der Waals surface area contributed by atoms with E-state index in [2.05, 4.69) is 15.5 Å². The van der Waals surface area contributed by atoms with Gasteiger partial charge in [-0.1, -0.05) is 11.3 Å². The van der Waals surface area contributed by atoms with Crippen LogP contribution in [0.25, 0.3) is 0 Å². The molecule has 1 saturated heterocycles. The van der Waals surface area contributed by atoms with Crippen molar-refractivity contribution in [3.05, 3.63) is 26.9 Å². The fraction of sp³-hybridized carbons (Fsp3) is 0.467. The van der Waals surface area contributed by atoms with Crippen LogP contribution in [0.1, 0.15) is 20.8 Å². The number of anilines is 1. The molecule has 0 saturated carbocycles. The van der Waals surface area contributed by atoms with E-state index in [1.807, 2.05) is 29.0 Å². The molecular formula is C15H19N5O2S2. The largest absolute Gasteiger partial charge is 0.336 e. The Labute approximate surface area is 148 Å². The molecule has 9 heteroatoms. The van der Waals surface area contributed by atoms with Gasteiger partial charge in [0.05, 0.1) is 12.1 Å². The molecule has 0 radical (unpaired) electrons. The van der Waals surface area contributed by atoms with Gasteiger partial charge in [0.15, 0.2) is 0 Å². The van der Waals surface area contributed by atoms with Gasteiger partial charge in [0.2, 0.25) is 11.0 Å². The minimum absolute atomic E-state index is 0.0924. The summed E-state index contributed by atoms with van der Waals surface area (Å²) in [7, 11) is 0. The molecule has 0 aliphatic carbocycles. The number of hydrogen-bond donors (Lipinski definition) is 1. The standard InChI is InChI=1S/C15H19N5O2S2/c1-10-11(2)23-8-12(10)14(22)20-5-3-19(4-6-20)7-13(21)17-15-18-16-9-24-15/h8-9H,3-7H2,1-2H3,(H,17,18,21). The SMILES string of the molecule is Cc1scc(C(=O)N2CCN(CC(=O)Nc3nncs3)CC2)c1C. The van der Waals surface area contributed by atoms with E-state index in [0.717, 1.165) is 11.1 Å². The molecule has 0 atom stereocenters. The highest BCUT2D eigenvalue weighted by Gasteiger charge is 2.25. The Morgan fingerprint density at radius 1 is 1.21 bits per heavy atom. The summed E-state index contributed by atoms with van der Waals surface area (Å²) in [6.45, 7) is 6.99. The molecule has 0 bridgehead atoms. The molecule has 0 spiro atoms. The molecule has 0 unspecified atom stereocenters. The number of rotatable bonds is 4. The summed E-state index contributed by atoms with van der Waals surface area (Å²) in [6, 6.07) is 0. The molecule has 1 N–H and O–H groups in total. The molecule has 2 aromatic heterocycles. The third-order valence-corrected chi connectivity index (χ3v) is 5.77. The second-order valence-corrected chi connectivity index (χ2v) is 7.61. The van der Waals surface area contributed by atoms with E-state index >= 15 is 0 Å². The molecule has 3 rings (SSSR count). The lowest BCUT2D eigenvalue weighted by atomic mass is 10.1. The van der Waals surface area contributed by atoms with Gasteiger partial charge in [0.25, 0.3) is 5.91 Å². The lowest BCUT2D eigenvalue weighted by molar-refractivity contribution is -0.117. The van der Waals surface area contributed by atoms with Gasteiger partial charge in [0.1, 0.15) is 5.51 Å². The minimum Gasteiger partial charge on any atom is -0.336 e. The molecular weight excluding hydrogens is 346 g/mol. The predicted octanol–water partition coefficient (Wildman–Crippen LogP) is 1.61. The average Bonchev–Trinajstić information content (AvgIpc) is 3.18. The Morgan fingerprint density at radius 2 is 1.96 bits per heavy atom. The topological polar surface area (TPSA) is 78.4 Å². The third-order valence-electron chi connectivity index (χ3n) is 4.15. The first-order valence-electron chi connectivity index (χ1n) is 7.67. The van der Waals surface area contributed by atoms with Crippen LogP contribution in [-0.2, 0) is 4.79 Å². The van der Waals surface area contributed by atoms with E-state index in [4.69, 9.17) is 0 Å². The minimum atomic E-state index is -0.101. The molecule has 128 valence electrons. The highest BCUT2D eigenvalue weighted by molar-refractivity contribution is 7.13. The fourth-order valence-electron chi connectivity index (χ4n) is 2.59. The lowest BCUT2D eigenvalue weighted by Gasteiger charge is -2.34. The monoisotopic (exact) mass is 365 g/mol. The number of carbonyl (C=O) groups is 2. The van der Waals surface area contributed by atoms with E-state index < -0.39 is 0 Å². The van der Waals surface area contributed by atoms with Crippen molar-refractivity contribution in [2.24, 2.45) is 0 Å². The second-order valence-electron chi connectivity index (χ2n) is 5.69. The van der Waals surface area contributed by atoms with Crippen LogP contribution in [0.4, 0.5) is 5.13 Å². The van der Waals surface area contributed by atoms with Crippen molar-refractivity contribution in [2.45, 2.75) is 13.8 Å². The van der Waals surface area contributed by atoms with Crippen LogP contribution >= 0.6 is 22.7 Å². The van der Waals surface area contributed by atoms with Crippen molar-refractivity contribution in [3.63, 3.8) is 0 Å². The van der Waals surface area contributed by atoms with Crippen LogP contribution in [-0.4, -0.2) is 64.5 Å². The van der Waals surface area contributed by atoms with Crippen LogP contribution in [0, 0.1) is 13.8 Å². The first kappa shape index (κ1) is 17.0. The summed E-state index contributed by atoms with van der Waals surface area (Å²) in [5, 5.41) is 12.7. The van der Waals surface area contributed by atoms with E-state index in [9.17, 15) is 9.59 Å². The van der Waals surface area contributed by atoms with Crippen molar-refractivity contribution < 1.29 is 9.59 Å². The van der Waals surface area contributed by atoms with Gasteiger partial charge in [-0.2, -0.15) is 0 Å². The number of nitrogens with one attached hydrogen (secondary N) is 1. The van der Waals surface area contributed by atoms with Gasteiger partial charge >= 0.3 is 0 Å². The van der Waals surface area contributed by atoms with Gasteiger partial charge in [-0.3, -0.25) is 19.8 Å². The highest BCUT2D eigenvalue weighted by Crippen LogP contribution is 2.22. The molecule has 1 fully saturated rings. The smallest absolute Gasteiger partial charge is 0.255 e. The molecule has 24 heavy (non-hydrogen) atoms. The Balaban J connectivity index is 1.49. The molecule has 0 aromatic carbocycles. The van der Waals surface area contributed by atoms with Crippen molar-refractivity contribution in [1.82, 2.24) is 20.0 Å². The van der Waals surface area contributed by atoms with Gasteiger partial charge in [-0.05, 0) is 19.4 Å². The van der Waals surface area contributed by atoms with Gasteiger partial charge in [0, 0.05) is 36.4 Å². The summed E-state index contributed by atoms with van der Waals surface area (Å²) in [5.74, 6) is -0.00866. The molecule has 2 amide bonds. The zero-order valence-electron chi connectivity index (χ0n) is 13.6. The van der Waals surface area contributed by atoms with Crippen molar-refractivity contribution in [1.29, 1.82) is 0 Å². The Hall–Kier alpha value is -1.84. The summed E-state index contributed by atoms with van der Waals surface area (Å²) in [5.41, 5.74) is 3.46. The first-order valence-corrected chi connectivity index (χ1v) is 9.43. The van der Waals surface area contributed by atoms with E-state index in [1.54, 1.807) is 16.8 Å². The fourth-order valence-corrected chi connectivity index (χ4v) is 3.91. The number of carbonyl (C=O) groups excluding carboxylic acids is 2. The predicted molar refractivity (Wildman–Crippen MR) is 94.7 cm³/mol. The van der Waals surface area contributed by atoms with E-state index in [-0.39, 0.29) is 11.8 Å². The summed E-state index contributed by atoms with van der Waals surface area (Å²) < 4.78 is 0. The van der Waals surface area contributed by atoms with Crippen LogP contribution in [0.15, 0.2) is 10.9 Å². The number of nitrogens with zero attached hydrogens (tertiary/aromatic N) is 4. The number of piperazine rings is 1. The Morgan fingerprint density at radius 3 is 2.54 bits per heavy atom. The second kappa shape index (κ2) is 7.37. The van der Waals surface area contributed by atoms with Crippen LogP contribution in [0.5, 0.6) is 0 Å². The maximum Gasteiger partial charge on any atom is 0.255 e. The molecule has 3 heterocycles. The van der Waals surface area contributed by atoms with Gasteiger partial charge < -0.3 is 4.90 Å². The van der Waals surface area contributed by atoms with E-state index in [0.29, 0.717) is 37.9 Å². The molecule has 7 nitrogen and oxygen atoms in total. The van der Waals surface area contributed by atoms with Crippen LogP contribution in [0.3, 0.4) is 0 Å². The average molecular weight is 365 g/mol. The Kier molecular flexibility index (Phi) is 5.22. The molecule has 2 aromatic rings. The maximum absolute atomic E-state index is 12.6. The first-order chi connectivity index (χ1) is 11.5. The third kappa shape index (κ3) is 3.80. The van der Waals surface area contributed by atoms with Crippen molar-refractivity contribution in [3.8, 4) is 0 Å². The van der Waals surface area contributed by atoms with Gasteiger partial charge in [-0.25, -0.2) is 0 Å². The summed E-state index contributed by atoms with van der Waals surface area (Å²) in [6.07, 6.45) is 0. The number of amides is 2. The molecule has 1 aliphatic rings.